The largest absolute Gasteiger partial charge is 0.483 e. The smallest absolute Gasteiger partial charge is 0.202 e. The average Bonchev–Trinajstić information content (AvgIpc) is 2.43. The minimum absolute atomic E-state index is 0.153. The molecule has 0 aromatic heterocycles. The van der Waals surface area contributed by atoms with Gasteiger partial charge < -0.3 is 10.1 Å². The number of ketones is 2. The first-order valence-electron chi connectivity index (χ1n) is 7.13. The van der Waals surface area contributed by atoms with E-state index in [1.807, 2.05) is 44.2 Å². The fourth-order valence-electron chi connectivity index (χ4n) is 2.42. The van der Waals surface area contributed by atoms with Crippen LogP contribution in [0.5, 0.6) is 5.75 Å². The van der Waals surface area contributed by atoms with Crippen molar-refractivity contribution in [2.24, 2.45) is 0 Å². The van der Waals surface area contributed by atoms with E-state index in [1.165, 1.54) is 12.2 Å². The molecule has 0 saturated heterocycles. The van der Waals surface area contributed by atoms with Gasteiger partial charge in [0.25, 0.3) is 0 Å². The quantitative estimate of drug-likeness (QED) is 0.851. The molecule has 1 aliphatic carbocycles. The molecule has 0 radical (unpaired) electrons. The van der Waals surface area contributed by atoms with E-state index in [9.17, 15) is 9.59 Å². The summed E-state index contributed by atoms with van der Waals surface area (Å²) in [5, 5.41) is 3.05. The van der Waals surface area contributed by atoms with Crippen LogP contribution in [0.4, 0.5) is 5.69 Å². The number of benzene rings is 1. The molecule has 2 aliphatic rings. The predicted octanol–water partition coefficient (Wildman–Crippen LogP) is 3.26. The summed E-state index contributed by atoms with van der Waals surface area (Å²) in [5.74, 6) is 0.398. The number of hydrogen-bond donors (Lipinski definition) is 1. The van der Waals surface area contributed by atoms with Crippen molar-refractivity contribution in [3.63, 3.8) is 0 Å². The summed E-state index contributed by atoms with van der Waals surface area (Å²) in [5.41, 5.74) is 1.98. The van der Waals surface area contributed by atoms with Crippen LogP contribution in [0.1, 0.15) is 26.3 Å². The number of nitrogens with one attached hydrogen (secondary N) is 1. The molecule has 4 heteroatoms. The number of fused-ring (bicyclic) bond motifs is 1. The fourth-order valence-corrected chi connectivity index (χ4v) is 2.42. The molecule has 0 atom stereocenters. The van der Waals surface area contributed by atoms with Crippen molar-refractivity contribution in [2.75, 3.05) is 5.32 Å². The molecule has 22 heavy (non-hydrogen) atoms. The zero-order chi connectivity index (χ0) is 15.9. The van der Waals surface area contributed by atoms with E-state index in [-0.39, 0.29) is 22.9 Å². The lowest BCUT2D eigenvalue weighted by Gasteiger charge is -2.29. The van der Waals surface area contributed by atoms with Crippen molar-refractivity contribution in [3.05, 3.63) is 53.3 Å². The summed E-state index contributed by atoms with van der Waals surface area (Å²) < 4.78 is 5.90. The highest BCUT2D eigenvalue weighted by Gasteiger charge is 2.24. The number of carbonyl (C=O) groups is 2. The second kappa shape index (κ2) is 4.98. The monoisotopic (exact) mass is 295 g/mol. The third kappa shape index (κ3) is 2.60. The van der Waals surface area contributed by atoms with Crippen LogP contribution in [0.25, 0.3) is 6.08 Å². The van der Waals surface area contributed by atoms with Crippen molar-refractivity contribution in [2.45, 2.75) is 26.4 Å². The van der Waals surface area contributed by atoms with Crippen molar-refractivity contribution in [3.8, 4) is 5.75 Å². The molecule has 1 N–H and O–H groups in total. The van der Waals surface area contributed by atoms with Crippen molar-refractivity contribution in [1.82, 2.24) is 0 Å². The molecule has 0 bridgehead atoms. The molecule has 0 spiro atoms. The Hall–Kier alpha value is -2.62. The van der Waals surface area contributed by atoms with E-state index >= 15 is 0 Å². The highest BCUT2D eigenvalue weighted by molar-refractivity contribution is 6.20. The Kier molecular flexibility index (Phi) is 3.24. The molecule has 3 rings (SSSR count). The zero-order valence-electron chi connectivity index (χ0n) is 12.8. The molecule has 4 nitrogen and oxygen atoms in total. The Balaban J connectivity index is 1.94. The topological polar surface area (TPSA) is 55.4 Å². The Labute approximate surface area is 129 Å². The van der Waals surface area contributed by atoms with Gasteiger partial charge in [0.1, 0.15) is 11.4 Å². The van der Waals surface area contributed by atoms with E-state index in [1.54, 1.807) is 6.92 Å². The average molecular weight is 295 g/mol. The first-order valence-corrected chi connectivity index (χ1v) is 7.13. The minimum atomic E-state index is -0.360. The molecule has 0 fully saturated rings. The van der Waals surface area contributed by atoms with Gasteiger partial charge in [-0.05, 0) is 51.1 Å². The molecule has 112 valence electrons. The third-order valence-corrected chi connectivity index (χ3v) is 3.64. The first-order chi connectivity index (χ1) is 10.4. The summed E-state index contributed by atoms with van der Waals surface area (Å²) in [6.07, 6.45) is 6.63. The standard InChI is InChI=1S/C18H17NO3/c1-11-9-16(21)14(10-15(11)20)19-13-5-4-6-17-12(13)7-8-18(2,3)22-17/h4-10,19H,1-3H3. The van der Waals surface area contributed by atoms with E-state index in [0.717, 1.165) is 17.0 Å². The van der Waals surface area contributed by atoms with Crippen LogP contribution in [-0.4, -0.2) is 17.2 Å². The number of ether oxygens (including phenoxy) is 1. The number of anilines is 1. The van der Waals surface area contributed by atoms with Gasteiger partial charge in [0, 0.05) is 22.9 Å². The van der Waals surface area contributed by atoms with Gasteiger partial charge in [0.2, 0.25) is 5.78 Å². The van der Waals surface area contributed by atoms with Crippen molar-refractivity contribution in [1.29, 1.82) is 0 Å². The Morgan fingerprint density at radius 1 is 1.09 bits per heavy atom. The highest BCUT2D eigenvalue weighted by Crippen LogP contribution is 2.36. The Morgan fingerprint density at radius 3 is 2.64 bits per heavy atom. The maximum absolute atomic E-state index is 12.0. The van der Waals surface area contributed by atoms with Crippen LogP contribution < -0.4 is 10.1 Å². The van der Waals surface area contributed by atoms with Gasteiger partial charge in [0.05, 0.1) is 5.70 Å². The molecule has 0 amide bonds. The molecule has 1 aliphatic heterocycles. The van der Waals surface area contributed by atoms with Crippen LogP contribution in [0.15, 0.2) is 47.7 Å². The maximum atomic E-state index is 12.0. The lowest BCUT2D eigenvalue weighted by Crippen LogP contribution is -2.27. The van der Waals surface area contributed by atoms with Gasteiger partial charge in [-0.2, -0.15) is 0 Å². The van der Waals surface area contributed by atoms with Gasteiger partial charge in [-0.3, -0.25) is 9.59 Å². The third-order valence-electron chi connectivity index (χ3n) is 3.64. The van der Waals surface area contributed by atoms with E-state index in [2.05, 4.69) is 5.32 Å². The van der Waals surface area contributed by atoms with E-state index < -0.39 is 0 Å². The molecule has 1 heterocycles. The highest BCUT2D eigenvalue weighted by atomic mass is 16.5. The molecular weight excluding hydrogens is 278 g/mol. The number of hydrogen-bond acceptors (Lipinski definition) is 4. The van der Waals surface area contributed by atoms with Crippen LogP contribution in [0.3, 0.4) is 0 Å². The Morgan fingerprint density at radius 2 is 1.86 bits per heavy atom. The fraction of sp³-hybridized carbons (Fsp3) is 0.222. The summed E-state index contributed by atoms with van der Waals surface area (Å²) >= 11 is 0. The number of rotatable bonds is 2. The summed E-state index contributed by atoms with van der Waals surface area (Å²) in [6.45, 7) is 5.59. The first kappa shape index (κ1) is 14.3. The molecule has 1 aromatic rings. The minimum Gasteiger partial charge on any atom is -0.483 e. The SMILES string of the molecule is CC1=CC(=O)C(Nc2cccc3c2C=CC(C)(C)O3)=CC1=O. The van der Waals surface area contributed by atoms with Crippen LogP contribution in [0.2, 0.25) is 0 Å². The summed E-state index contributed by atoms with van der Waals surface area (Å²) in [4.78, 5) is 23.8. The van der Waals surface area contributed by atoms with Crippen LogP contribution in [-0.2, 0) is 9.59 Å². The normalized spacial score (nSPS) is 19.0. The second-order valence-corrected chi connectivity index (χ2v) is 6.00. The molecule has 0 unspecified atom stereocenters. The molecule has 0 saturated carbocycles. The van der Waals surface area contributed by atoms with Gasteiger partial charge >= 0.3 is 0 Å². The molecular formula is C18H17NO3. The lowest BCUT2D eigenvalue weighted by molar-refractivity contribution is -0.115. The van der Waals surface area contributed by atoms with E-state index in [0.29, 0.717) is 5.57 Å². The van der Waals surface area contributed by atoms with Crippen LogP contribution >= 0.6 is 0 Å². The van der Waals surface area contributed by atoms with Gasteiger partial charge in [-0.1, -0.05) is 6.07 Å². The van der Waals surface area contributed by atoms with Gasteiger partial charge in [0.15, 0.2) is 5.78 Å². The maximum Gasteiger partial charge on any atom is 0.202 e. The van der Waals surface area contributed by atoms with Gasteiger partial charge in [-0.25, -0.2) is 0 Å². The van der Waals surface area contributed by atoms with Crippen molar-refractivity contribution < 1.29 is 14.3 Å². The zero-order valence-corrected chi connectivity index (χ0v) is 12.8. The summed E-state index contributed by atoms with van der Waals surface area (Å²) in [7, 11) is 0. The second-order valence-electron chi connectivity index (χ2n) is 6.00. The van der Waals surface area contributed by atoms with Crippen LogP contribution in [0, 0.1) is 0 Å². The predicted molar refractivity (Wildman–Crippen MR) is 85.7 cm³/mol. The number of allylic oxidation sites excluding steroid dienone is 3. The Bertz CT molecular complexity index is 767. The summed E-state index contributed by atoms with van der Waals surface area (Å²) in [6, 6.07) is 5.60. The molecule has 1 aromatic carbocycles. The van der Waals surface area contributed by atoms with E-state index in [4.69, 9.17) is 4.74 Å². The van der Waals surface area contributed by atoms with Gasteiger partial charge in [-0.15, -0.1) is 0 Å². The lowest BCUT2D eigenvalue weighted by atomic mass is 9.99. The van der Waals surface area contributed by atoms with Crippen molar-refractivity contribution >= 4 is 23.3 Å². The number of carbonyl (C=O) groups excluding carboxylic acids is 2.